The highest BCUT2D eigenvalue weighted by Gasteiger charge is 1.91. The van der Waals surface area contributed by atoms with Gasteiger partial charge in [-0.3, -0.25) is 0 Å². The molecule has 0 aliphatic carbocycles. The van der Waals surface area contributed by atoms with Crippen LogP contribution in [0.5, 0.6) is 0 Å². The summed E-state index contributed by atoms with van der Waals surface area (Å²) in [6.45, 7) is 4.67. The minimum Gasteiger partial charge on any atom is -0.497 e. The summed E-state index contributed by atoms with van der Waals surface area (Å²) in [5.41, 5.74) is 2.36. The summed E-state index contributed by atoms with van der Waals surface area (Å²) >= 11 is 3.38. The Bertz CT molecular complexity index is 283. The van der Waals surface area contributed by atoms with Crippen molar-refractivity contribution < 1.29 is 4.74 Å². The van der Waals surface area contributed by atoms with Crippen LogP contribution in [0, 0.1) is 0 Å². The highest BCUT2D eigenvalue weighted by Crippen LogP contribution is 2.11. The summed E-state index contributed by atoms with van der Waals surface area (Å²) in [4.78, 5) is 0. The van der Waals surface area contributed by atoms with E-state index in [4.69, 9.17) is 4.74 Å². The van der Waals surface area contributed by atoms with E-state index in [2.05, 4.69) is 15.9 Å². The summed E-state index contributed by atoms with van der Waals surface area (Å²) in [6, 6.07) is 8.12. The molecule has 0 bridgehead atoms. The molecule has 0 aliphatic rings. The van der Waals surface area contributed by atoms with Crippen LogP contribution in [0.3, 0.4) is 0 Å². The first-order valence-corrected chi connectivity index (χ1v) is 4.97. The standard InChI is InChI=1S/C11H13BrO/c1-9(2)7-13-8-10-3-5-11(12)6-4-10/h3-7H,8H2,1-2H3. The number of halogens is 1. The quantitative estimate of drug-likeness (QED) is 0.729. The fourth-order valence-corrected chi connectivity index (χ4v) is 1.15. The predicted octanol–water partition coefficient (Wildman–Crippen LogP) is 3.89. The monoisotopic (exact) mass is 240 g/mol. The first-order chi connectivity index (χ1) is 6.18. The summed E-state index contributed by atoms with van der Waals surface area (Å²) in [6.07, 6.45) is 1.78. The Labute approximate surface area is 87.5 Å². The molecule has 0 saturated carbocycles. The molecule has 1 aromatic carbocycles. The minimum absolute atomic E-state index is 0.637. The smallest absolute Gasteiger partial charge is 0.112 e. The van der Waals surface area contributed by atoms with E-state index < -0.39 is 0 Å². The van der Waals surface area contributed by atoms with Crippen LogP contribution in [0.2, 0.25) is 0 Å². The second-order valence-electron chi connectivity index (χ2n) is 3.13. The van der Waals surface area contributed by atoms with Crippen LogP contribution in [0.4, 0.5) is 0 Å². The Kier molecular flexibility index (Phi) is 4.03. The molecule has 0 radical (unpaired) electrons. The molecule has 0 aromatic heterocycles. The van der Waals surface area contributed by atoms with Crippen LogP contribution >= 0.6 is 15.9 Å². The number of hydrogen-bond donors (Lipinski definition) is 0. The zero-order chi connectivity index (χ0) is 9.68. The molecule has 0 spiro atoms. The van der Waals surface area contributed by atoms with Crippen molar-refractivity contribution in [3.8, 4) is 0 Å². The second kappa shape index (κ2) is 5.07. The third-order valence-corrected chi connectivity index (χ3v) is 2.01. The maximum Gasteiger partial charge on any atom is 0.112 e. The summed E-state index contributed by atoms with van der Waals surface area (Å²) in [5, 5.41) is 0. The molecule has 0 aliphatic heterocycles. The maximum atomic E-state index is 5.34. The van der Waals surface area contributed by atoms with Gasteiger partial charge < -0.3 is 4.74 Å². The lowest BCUT2D eigenvalue weighted by molar-refractivity contribution is 0.233. The summed E-state index contributed by atoms with van der Waals surface area (Å²) in [5.74, 6) is 0. The molecule has 1 nitrogen and oxygen atoms in total. The zero-order valence-electron chi connectivity index (χ0n) is 7.88. The molecule has 0 fully saturated rings. The van der Waals surface area contributed by atoms with E-state index in [-0.39, 0.29) is 0 Å². The van der Waals surface area contributed by atoms with Crippen LogP contribution in [0.1, 0.15) is 19.4 Å². The average Bonchev–Trinajstić information content (AvgIpc) is 2.08. The molecule has 0 saturated heterocycles. The fourth-order valence-electron chi connectivity index (χ4n) is 0.885. The van der Waals surface area contributed by atoms with E-state index in [0.29, 0.717) is 6.61 Å². The summed E-state index contributed by atoms with van der Waals surface area (Å²) in [7, 11) is 0. The van der Waals surface area contributed by atoms with E-state index in [1.165, 1.54) is 11.1 Å². The number of allylic oxidation sites excluding steroid dienone is 1. The Morgan fingerprint density at radius 1 is 1.31 bits per heavy atom. The van der Waals surface area contributed by atoms with Gasteiger partial charge in [0.1, 0.15) is 6.61 Å². The Balaban J connectivity index is 2.46. The van der Waals surface area contributed by atoms with Crippen molar-refractivity contribution in [1.82, 2.24) is 0 Å². The third-order valence-electron chi connectivity index (χ3n) is 1.48. The fraction of sp³-hybridized carbons (Fsp3) is 0.273. The number of rotatable bonds is 3. The summed E-state index contributed by atoms with van der Waals surface area (Å²) < 4.78 is 6.44. The van der Waals surface area contributed by atoms with E-state index in [1.54, 1.807) is 6.26 Å². The van der Waals surface area contributed by atoms with Crippen LogP contribution in [0.15, 0.2) is 40.6 Å². The average molecular weight is 241 g/mol. The molecule has 13 heavy (non-hydrogen) atoms. The predicted molar refractivity (Wildman–Crippen MR) is 58.4 cm³/mol. The number of benzene rings is 1. The molecule has 1 aromatic rings. The lowest BCUT2D eigenvalue weighted by atomic mass is 10.2. The van der Waals surface area contributed by atoms with Gasteiger partial charge in [-0.05, 0) is 37.1 Å². The van der Waals surface area contributed by atoms with Crippen LogP contribution in [-0.2, 0) is 11.3 Å². The van der Waals surface area contributed by atoms with E-state index in [9.17, 15) is 0 Å². The normalized spacial score (nSPS) is 9.46. The molecular formula is C11H13BrO. The van der Waals surface area contributed by atoms with Crippen LogP contribution < -0.4 is 0 Å². The van der Waals surface area contributed by atoms with E-state index in [0.717, 1.165) is 4.47 Å². The van der Waals surface area contributed by atoms with Gasteiger partial charge in [0.25, 0.3) is 0 Å². The molecule has 0 amide bonds. The molecule has 70 valence electrons. The van der Waals surface area contributed by atoms with Gasteiger partial charge in [0.15, 0.2) is 0 Å². The van der Waals surface area contributed by atoms with Crippen molar-refractivity contribution >= 4 is 15.9 Å². The van der Waals surface area contributed by atoms with Gasteiger partial charge in [-0.15, -0.1) is 0 Å². The number of hydrogen-bond acceptors (Lipinski definition) is 1. The van der Waals surface area contributed by atoms with Gasteiger partial charge >= 0.3 is 0 Å². The maximum absolute atomic E-state index is 5.34. The SMILES string of the molecule is CC(C)=COCc1ccc(Br)cc1. The van der Waals surface area contributed by atoms with Crippen molar-refractivity contribution in [2.75, 3.05) is 0 Å². The molecular weight excluding hydrogens is 228 g/mol. The lowest BCUT2D eigenvalue weighted by Crippen LogP contribution is -1.86. The minimum atomic E-state index is 0.637. The van der Waals surface area contributed by atoms with Crippen molar-refractivity contribution in [3.05, 3.63) is 46.1 Å². The zero-order valence-corrected chi connectivity index (χ0v) is 9.47. The second-order valence-corrected chi connectivity index (χ2v) is 4.05. The van der Waals surface area contributed by atoms with Crippen molar-refractivity contribution in [2.45, 2.75) is 20.5 Å². The first kappa shape index (κ1) is 10.3. The largest absolute Gasteiger partial charge is 0.497 e. The van der Waals surface area contributed by atoms with Crippen LogP contribution in [0.25, 0.3) is 0 Å². The highest BCUT2D eigenvalue weighted by molar-refractivity contribution is 9.10. The van der Waals surface area contributed by atoms with Gasteiger partial charge in [0.05, 0.1) is 6.26 Å². The van der Waals surface area contributed by atoms with Gasteiger partial charge in [0.2, 0.25) is 0 Å². The molecule has 0 heterocycles. The molecule has 0 N–H and O–H groups in total. The van der Waals surface area contributed by atoms with Crippen molar-refractivity contribution in [1.29, 1.82) is 0 Å². The first-order valence-electron chi connectivity index (χ1n) is 4.18. The lowest BCUT2D eigenvalue weighted by Gasteiger charge is -2.01. The molecule has 1 rings (SSSR count). The Hall–Kier alpha value is -0.760. The molecule has 2 heteroatoms. The van der Waals surface area contributed by atoms with Gasteiger partial charge in [-0.2, -0.15) is 0 Å². The molecule has 0 unspecified atom stereocenters. The Morgan fingerprint density at radius 2 is 1.92 bits per heavy atom. The number of ether oxygens (including phenoxy) is 1. The van der Waals surface area contributed by atoms with Gasteiger partial charge in [-0.1, -0.05) is 28.1 Å². The van der Waals surface area contributed by atoms with Crippen LogP contribution in [-0.4, -0.2) is 0 Å². The van der Waals surface area contributed by atoms with Gasteiger partial charge in [0, 0.05) is 4.47 Å². The van der Waals surface area contributed by atoms with E-state index >= 15 is 0 Å². The third kappa shape index (κ3) is 4.13. The highest BCUT2D eigenvalue weighted by atomic mass is 79.9. The van der Waals surface area contributed by atoms with Crippen molar-refractivity contribution in [3.63, 3.8) is 0 Å². The van der Waals surface area contributed by atoms with Crippen molar-refractivity contribution in [2.24, 2.45) is 0 Å². The van der Waals surface area contributed by atoms with E-state index in [1.807, 2.05) is 38.1 Å². The topological polar surface area (TPSA) is 9.23 Å². The Morgan fingerprint density at radius 3 is 2.46 bits per heavy atom. The molecule has 0 atom stereocenters. The van der Waals surface area contributed by atoms with Gasteiger partial charge in [-0.25, -0.2) is 0 Å².